The maximum atomic E-state index is 13.4. The molecule has 14 heteroatoms. The fourth-order valence-corrected chi connectivity index (χ4v) is 7.90. The number of imide groups is 1. The van der Waals surface area contributed by atoms with Crippen LogP contribution in [0.2, 0.25) is 0 Å². The second-order valence-corrected chi connectivity index (χ2v) is 13.4. The number of rotatable bonds is 6. The van der Waals surface area contributed by atoms with Gasteiger partial charge in [0.05, 0.1) is 6.10 Å². The molecule has 0 heterocycles. The summed E-state index contributed by atoms with van der Waals surface area (Å²) < 4.78 is 11.2. The third-order valence-corrected chi connectivity index (χ3v) is 11.0. The minimum Gasteiger partial charge on any atom is -0.479 e. The number of alkyl carbamates (subject to hydrolysis) is 2. The molecule has 4 rings (SSSR count). The number of ketones is 1. The topological polar surface area (TPSA) is 243 Å². The maximum absolute atomic E-state index is 13.4. The number of nitrogens with one attached hydrogen (secondary N) is 1. The first kappa shape index (κ1) is 35.4. The standard InChI is InChI=1S/C26H40N2O6.C4H6O6/c1-6-24(4)13-19(34-23(32)28-22(31)33-17-11-16(27)12-17)25(5)14(2)7-9-26(15(3)21(24)30)10-8-18(29)20(25)26;5-1(3(7)8)2(6)4(9)10/h6,14-17,19-21,30H,1,7-13,27H2,2-5H3,(H,28,31,32);1-2,5-6H,(H,7,8)(H,9,10)/t14?,15-,16?,17?,19+,20-,21-,24+,25-,26-;1-,2-/m01/s1. The van der Waals surface area contributed by atoms with Crippen LogP contribution < -0.4 is 11.1 Å². The SMILES string of the molecule is C=C[C@]1(C)C[C@@H](OC(=O)NC(=O)OC2CC(N)C2)[C@]2(C)C(C)CC[C@]3(CCC(=O)[C@H]32)[C@@H](C)[C@@H]1O.O=C(O)[C@H](O)[C@@H](O)C(=O)O. The molecule has 14 nitrogen and oxygen atoms in total. The number of carbonyl (C=O) groups excluding carboxylic acids is 3. The Balaban J connectivity index is 0.000000456. The second-order valence-electron chi connectivity index (χ2n) is 13.4. The highest BCUT2D eigenvalue weighted by Crippen LogP contribution is 2.68. The van der Waals surface area contributed by atoms with E-state index in [0.29, 0.717) is 25.7 Å². The Morgan fingerprint density at radius 3 is 2.07 bits per heavy atom. The minimum absolute atomic E-state index is 0.0158. The van der Waals surface area contributed by atoms with E-state index in [2.05, 4.69) is 32.7 Å². The van der Waals surface area contributed by atoms with Crippen molar-refractivity contribution >= 4 is 29.9 Å². The number of carboxylic acids is 2. The van der Waals surface area contributed by atoms with E-state index >= 15 is 0 Å². The molecule has 0 aromatic heterocycles. The molecule has 2 amide bonds. The summed E-state index contributed by atoms with van der Waals surface area (Å²) in [4.78, 5) is 58.0. The van der Waals surface area contributed by atoms with Crippen LogP contribution >= 0.6 is 0 Å². The van der Waals surface area contributed by atoms with Gasteiger partial charge in [-0.3, -0.25) is 4.79 Å². The van der Waals surface area contributed by atoms with E-state index in [9.17, 15) is 29.1 Å². The first-order valence-corrected chi connectivity index (χ1v) is 14.9. The molecule has 8 N–H and O–H groups in total. The van der Waals surface area contributed by atoms with Gasteiger partial charge in [0.2, 0.25) is 0 Å². The normalized spacial score (nSPS) is 40.6. The van der Waals surface area contributed by atoms with Crippen molar-refractivity contribution in [2.24, 2.45) is 39.7 Å². The largest absolute Gasteiger partial charge is 0.479 e. The summed E-state index contributed by atoms with van der Waals surface area (Å²) in [5.74, 6) is -3.65. The third-order valence-electron chi connectivity index (χ3n) is 11.0. The van der Waals surface area contributed by atoms with Crippen molar-refractivity contribution < 1.29 is 59.0 Å². The molecule has 4 aliphatic rings. The molecule has 4 aliphatic carbocycles. The molecule has 0 aromatic rings. The lowest BCUT2D eigenvalue weighted by atomic mass is 9.44. The highest BCUT2D eigenvalue weighted by atomic mass is 16.6. The summed E-state index contributed by atoms with van der Waals surface area (Å²) in [6.07, 6.45) is -1.87. The van der Waals surface area contributed by atoms with Crippen LogP contribution in [0.4, 0.5) is 9.59 Å². The first-order chi connectivity index (χ1) is 20.3. The summed E-state index contributed by atoms with van der Waals surface area (Å²) in [5.41, 5.74) is 4.02. The van der Waals surface area contributed by atoms with Gasteiger partial charge in [0.1, 0.15) is 18.0 Å². The molecule has 4 saturated carbocycles. The van der Waals surface area contributed by atoms with Crippen molar-refractivity contribution in [2.45, 2.75) is 109 Å². The van der Waals surface area contributed by atoms with Crippen LogP contribution in [0.5, 0.6) is 0 Å². The zero-order valence-electron chi connectivity index (χ0n) is 25.6. The molecule has 0 spiro atoms. The number of aliphatic hydroxyl groups excluding tert-OH is 3. The van der Waals surface area contributed by atoms with Crippen LogP contribution in [0.25, 0.3) is 0 Å². The van der Waals surface area contributed by atoms with Crippen molar-refractivity contribution in [2.75, 3.05) is 0 Å². The smallest absolute Gasteiger partial charge is 0.416 e. The summed E-state index contributed by atoms with van der Waals surface area (Å²) in [7, 11) is 0. The molecular formula is C30H46N2O12. The van der Waals surface area contributed by atoms with E-state index in [1.165, 1.54) is 0 Å². The van der Waals surface area contributed by atoms with Crippen molar-refractivity contribution in [3.8, 4) is 0 Å². The summed E-state index contributed by atoms with van der Waals surface area (Å²) in [6.45, 7) is 12.2. The van der Waals surface area contributed by atoms with Gasteiger partial charge in [0.15, 0.2) is 12.2 Å². The Morgan fingerprint density at radius 1 is 1.02 bits per heavy atom. The van der Waals surface area contributed by atoms with Crippen LogP contribution in [0.1, 0.15) is 72.6 Å². The van der Waals surface area contributed by atoms with Gasteiger partial charge in [-0.05, 0) is 55.8 Å². The van der Waals surface area contributed by atoms with E-state index in [-0.39, 0.29) is 41.1 Å². The lowest BCUT2D eigenvalue weighted by Gasteiger charge is -2.61. The van der Waals surface area contributed by atoms with Gasteiger partial charge in [0, 0.05) is 29.2 Å². The number of carbonyl (C=O) groups is 5. The van der Waals surface area contributed by atoms with Gasteiger partial charge in [0.25, 0.3) is 0 Å². The van der Waals surface area contributed by atoms with E-state index in [1.807, 2.05) is 6.92 Å². The number of ether oxygens (including phenoxy) is 2. The lowest BCUT2D eigenvalue weighted by Crippen LogP contribution is -2.63. The van der Waals surface area contributed by atoms with Crippen molar-refractivity contribution in [1.29, 1.82) is 0 Å². The molecule has 44 heavy (non-hydrogen) atoms. The highest BCUT2D eigenvalue weighted by molar-refractivity contribution is 5.88. The van der Waals surface area contributed by atoms with Crippen molar-refractivity contribution in [1.82, 2.24) is 5.32 Å². The van der Waals surface area contributed by atoms with Crippen LogP contribution in [0.3, 0.4) is 0 Å². The Labute approximate surface area is 256 Å². The van der Waals surface area contributed by atoms with E-state index < -0.39 is 59.4 Å². The van der Waals surface area contributed by atoms with Crippen LogP contribution in [-0.2, 0) is 23.9 Å². The number of nitrogens with two attached hydrogens (primary N) is 1. The average molecular weight is 627 g/mol. The van der Waals surface area contributed by atoms with E-state index in [1.54, 1.807) is 6.08 Å². The zero-order chi connectivity index (χ0) is 33.4. The molecule has 248 valence electrons. The summed E-state index contributed by atoms with van der Waals surface area (Å²) in [5, 5.41) is 46.2. The average Bonchev–Trinajstić information content (AvgIpc) is 3.29. The highest BCUT2D eigenvalue weighted by Gasteiger charge is 2.68. The molecule has 0 radical (unpaired) electrons. The Kier molecular flexibility index (Phi) is 10.6. The molecule has 2 bridgehead atoms. The molecular weight excluding hydrogens is 580 g/mol. The Hall–Kier alpha value is -3.07. The van der Waals surface area contributed by atoms with E-state index in [4.69, 9.17) is 35.6 Å². The van der Waals surface area contributed by atoms with Crippen LogP contribution in [-0.4, -0.2) is 92.0 Å². The second kappa shape index (κ2) is 13.1. The van der Waals surface area contributed by atoms with Gasteiger partial charge >= 0.3 is 24.1 Å². The third kappa shape index (κ3) is 6.49. The molecule has 0 aliphatic heterocycles. The first-order valence-electron chi connectivity index (χ1n) is 14.9. The minimum atomic E-state index is -2.27. The van der Waals surface area contributed by atoms with Crippen molar-refractivity contribution in [3.63, 3.8) is 0 Å². The Morgan fingerprint density at radius 2 is 1.57 bits per heavy atom. The van der Waals surface area contributed by atoms with Crippen LogP contribution in [0.15, 0.2) is 12.7 Å². The summed E-state index contributed by atoms with van der Waals surface area (Å²) in [6, 6.07) is 0.0158. The lowest BCUT2D eigenvalue weighted by molar-refractivity contribution is -0.191. The number of aliphatic hydroxyl groups is 3. The van der Waals surface area contributed by atoms with E-state index in [0.717, 1.165) is 19.3 Å². The van der Waals surface area contributed by atoms with Gasteiger partial charge in [-0.25, -0.2) is 24.5 Å². The maximum Gasteiger partial charge on any atom is 0.416 e. The summed E-state index contributed by atoms with van der Waals surface area (Å²) >= 11 is 0. The monoisotopic (exact) mass is 626 g/mol. The van der Waals surface area contributed by atoms with Gasteiger partial charge in [-0.15, -0.1) is 6.58 Å². The fraction of sp³-hybridized carbons (Fsp3) is 0.767. The zero-order valence-corrected chi connectivity index (χ0v) is 25.6. The number of amides is 2. The number of carboxylic acid groups (broad SMARTS) is 2. The number of hydrogen-bond acceptors (Lipinski definition) is 11. The Bertz CT molecular complexity index is 1140. The molecule has 10 atom stereocenters. The fourth-order valence-electron chi connectivity index (χ4n) is 7.90. The predicted molar refractivity (Wildman–Crippen MR) is 153 cm³/mol. The molecule has 1 unspecified atom stereocenters. The predicted octanol–water partition coefficient (Wildman–Crippen LogP) is 1.58. The van der Waals surface area contributed by atoms with Gasteiger partial charge in [-0.2, -0.15) is 0 Å². The molecule has 0 aromatic carbocycles. The van der Waals surface area contributed by atoms with Gasteiger partial charge < -0.3 is 40.7 Å². The number of aliphatic carboxylic acids is 2. The van der Waals surface area contributed by atoms with Crippen molar-refractivity contribution in [3.05, 3.63) is 12.7 Å². The number of hydrogen-bond donors (Lipinski definition) is 7. The molecule has 4 fully saturated rings. The molecule has 0 saturated heterocycles. The number of Topliss-reactive ketones (excluding diaryl/α,β-unsaturated/α-hetero) is 1. The quantitative estimate of drug-likeness (QED) is 0.207. The van der Waals surface area contributed by atoms with Gasteiger partial charge in [-0.1, -0.05) is 33.8 Å². The van der Waals surface area contributed by atoms with Crippen LogP contribution in [0, 0.1) is 34.0 Å².